The van der Waals surface area contributed by atoms with E-state index in [1.165, 1.54) is 19.2 Å². The van der Waals surface area contributed by atoms with Crippen LogP contribution in [0.5, 0.6) is 0 Å². The van der Waals surface area contributed by atoms with Gasteiger partial charge in [0.2, 0.25) is 0 Å². The van der Waals surface area contributed by atoms with Crippen molar-refractivity contribution >= 4 is 5.91 Å². The number of carbonyl (C=O) groups is 1. The molecule has 4 rings (SSSR count). The zero-order valence-electron chi connectivity index (χ0n) is 14.0. The van der Waals surface area contributed by atoms with Gasteiger partial charge in [-0.15, -0.1) is 0 Å². The summed E-state index contributed by atoms with van der Waals surface area (Å²) < 4.78 is 23.9. The van der Waals surface area contributed by atoms with Gasteiger partial charge in [0.25, 0.3) is 0 Å². The molecule has 1 amide bonds. The smallest absolute Gasteiger partial charge is 0.315 e. The van der Waals surface area contributed by atoms with E-state index >= 15 is 0 Å². The average molecular weight is 357 g/mol. The van der Waals surface area contributed by atoms with Crippen molar-refractivity contribution in [1.82, 2.24) is 25.5 Å². The van der Waals surface area contributed by atoms with Gasteiger partial charge in [-0.3, -0.25) is 9.69 Å². The molecule has 2 aromatic heterocycles. The standard InChI is InChI=1S/C17H16FN5O3/c1-19-16(24)17-20-14(21-26-17)9-23-6-5-13-12(8-23)15(22-25-13)10-3-2-4-11(18)7-10/h2-4,7H,5-6,8-9H2,1H3,(H,19,24). The van der Waals surface area contributed by atoms with Crippen LogP contribution in [0.2, 0.25) is 0 Å². The second-order valence-corrected chi connectivity index (χ2v) is 6.00. The van der Waals surface area contributed by atoms with E-state index in [-0.39, 0.29) is 11.7 Å². The molecule has 0 radical (unpaired) electrons. The van der Waals surface area contributed by atoms with Crippen LogP contribution in [0, 0.1) is 5.82 Å². The van der Waals surface area contributed by atoms with Crippen LogP contribution in [0.15, 0.2) is 33.3 Å². The number of fused-ring (bicyclic) bond motifs is 1. The van der Waals surface area contributed by atoms with Crippen LogP contribution in [-0.4, -0.2) is 39.7 Å². The predicted molar refractivity (Wildman–Crippen MR) is 87.4 cm³/mol. The highest BCUT2D eigenvalue weighted by molar-refractivity contribution is 5.89. The molecule has 1 aliphatic rings. The Labute approximate surface area is 148 Å². The van der Waals surface area contributed by atoms with E-state index < -0.39 is 5.91 Å². The van der Waals surface area contributed by atoms with Crippen LogP contribution in [0.3, 0.4) is 0 Å². The molecule has 0 saturated heterocycles. The van der Waals surface area contributed by atoms with Crippen LogP contribution in [-0.2, 0) is 19.5 Å². The first-order valence-electron chi connectivity index (χ1n) is 8.14. The third kappa shape index (κ3) is 3.08. The van der Waals surface area contributed by atoms with Gasteiger partial charge in [0.1, 0.15) is 17.3 Å². The summed E-state index contributed by atoms with van der Waals surface area (Å²) in [5, 5.41) is 10.4. The molecule has 0 fully saturated rings. The van der Waals surface area contributed by atoms with Gasteiger partial charge in [-0.05, 0) is 12.1 Å². The number of hydrogen-bond acceptors (Lipinski definition) is 7. The lowest BCUT2D eigenvalue weighted by atomic mass is 10.0. The first kappa shape index (κ1) is 16.4. The minimum absolute atomic E-state index is 0.0642. The number of hydrogen-bond donors (Lipinski definition) is 1. The molecule has 0 aliphatic carbocycles. The molecule has 9 heteroatoms. The van der Waals surface area contributed by atoms with Crippen molar-refractivity contribution in [3.05, 3.63) is 53.1 Å². The number of rotatable bonds is 4. The van der Waals surface area contributed by atoms with E-state index in [4.69, 9.17) is 9.05 Å². The van der Waals surface area contributed by atoms with Gasteiger partial charge in [-0.2, -0.15) is 4.98 Å². The molecule has 0 bridgehead atoms. The van der Waals surface area contributed by atoms with Crippen molar-refractivity contribution in [3.8, 4) is 11.3 Å². The molecular weight excluding hydrogens is 341 g/mol. The van der Waals surface area contributed by atoms with Crippen LogP contribution in [0.4, 0.5) is 4.39 Å². The summed E-state index contributed by atoms with van der Waals surface area (Å²) in [5.74, 6) is 0.429. The Morgan fingerprint density at radius 3 is 3.04 bits per heavy atom. The molecular formula is C17H16FN5O3. The Morgan fingerprint density at radius 1 is 1.35 bits per heavy atom. The average Bonchev–Trinajstić information content (AvgIpc) is 3.28. The number of benzene rings is 1. The largest absolute Gasteiger partial charge is 0.360 e. The third-order valence-electron chi connectivity index (χ3n) is 4.26. The van der Waals surface area contributed by atoms with Crippen molar-refractivity contribution in [1.29, 1.82) is 0 Å². The SMILES string of the molecule is CNC(=O)c1nc(CN2CCc3onc(-c4cccc(F)c4)c3C2)no1. The second-order valence-electron chi connectivity index (χ2n) is 6.00. The summed E-state index contributed by atoms with van der Waals surface area (Å²) in [7, 11) is 1.50. The topological polar surface area (TPSA) is 97.3 Å². The zero-order valence-corrected chi connectivity index (χ0v) is 14.0. The van der Waals surface area contributed by atoms with Gasteiger partial charge >= 0.3 is 11.8 Å². The number of halogens is 1. The van der Waals surface area contributed by atoms with Gasteiger partial charge in [0.05, 0.1) is 6.54 Å². The number of nitrogens with zero attached hydrogens (tertiary/aromatic N) is 4. The summed E-state index contributed by atoms with van der Waals surface area (Å²) in [6.07, 6.45) is 0.678. The fourth-order valence-corrected chi connectivity index (χ4v) is 2.98. The Morgan fingerprint density at radius 2 is 2.23 bits per heavy atom. The summed E-state index contributed by atoms with van der Waals surface area (Å²) in [6.45, 7) is 1.72. The van der Waals surface area contributed by atoms with Crippen LogP contribution in [0.25, 0.3) is 11.3 Å². The Balaban J connectivity index is 1.53. The van der Waals surface area contributed by atoms with E-state index in [1.807, 2.05) is 0 Å². The number of aromatic nitrogens is 3. The minimum atomic E-state index is -0.419. The second kappa shape index (κ2) is 6.68. The molecule has 1 N–H and O–H groups in total. The van der Waals surface area contributed by atoms with E-state index in [0.29, 0.717) is 36.6 Å². The molecule has 1 aromatic carbocycles. The van der Waals surface area contributed by atoms with Crippen molar-refractivity contribution in [2.75, 3.05) is 13.6 Å². The third-order valence-corrected chi connectivity index (χ3v) is 4.26. The number of amides is 1. The lowest BCUT2D eigenvalue weighted by molar-refractivity contribution is 0.0919. The zero-order chi connectivity index (χ0) is 18.1. The van der Waals surface area contributed by atoms with Crippen molar-refractivity contribution in [3.63, 3.8) is 0 Å². The minimum Gasteiger partial charge on any atom is -0.360 e. The van der Waals surface area contributed by atoms with Crippen LogP contribution >= 0.6 is 0 Å². The molecule has 3 heterocycles. The highest BCUT2D eigenvalue weighted by Crippen LogP contribution is 2.30. The van der Waals surface area contributed by atoms with E-state index in [1.54, 1.807) is 12.1 Å². The first-order valence-corrected chi connectivity index (χ1v) is 8.14. The highest BCUT2D eigenvalue weighted by atomic mass is 19.1. The molecule has 134 valence electrons. The van der Waals surface area contributed by atoms with Gasteiger partial charge in [0.15, 0.2) is 5.82 Å². The normalized spacial score (nSPS) is 14.2. The molecule has 0 unspecified atom stereocenters. The van der Waals surface area contributed by atoms with Crippen molar-refractivity contribution in [2.45, 2.75) is 19.5 Å². The predicted octanol–water partition coefficient (Wildman–Crippen LogP) is 1.78. The molecule has 0 saturated carbocycles. The molecule has 1 aliphatic heterocycles. The van der Waals surface area contributed by atoms with Crippen LogP contribution in [0.1, 0.15) is 27.8 Å². The number of nitrogens with one attached hydrogen (secondary N) is 1. The quantitative estimate of drug-likeness (QED) is 0.760. The monoisotopic (exact) mass is 357 g/mol. The fraction of sp³-hybridized carbons (Fsp3) is 0.294. The van der Waals surface area contributed by atoms with Gasteiger partial charge in [-0.1, -0.05) is 22.4 Å². The highest BCUT2D eigenvalue weighted by Gasteiger charge is 2.26. The molecule has 26 heavy (non-hydrogen) atoms. The maximum absolute atomic E-state index is 13.5. The van der Waals surface area contributed by atoms with E-state index in [9.17, 15) is 9.18 Å². The Bertz CT molecular complexity index is 952. The van der Waals surface area contributed by atoms with Crippen LogP contribution < -0.4 is 5.32 Å². The van der Waals surface area contributed by atoms with Gasteiger partial charge in [0, 0.05) is 37.7 Å². The Hall–Kier alpha value is -3.07. The summed E-state index contributed by atoms with van der Waals surface area (Å²) in [4.78, 5) is 17.7. The molecule has 3 aromatic rings. The van der Waals surface area contributed by atoms with E-state index in [2.05, 4.69) is 25.5 Å². The summed E-state index contributed by atoms with van der Waals surface area (Å²) in [6, 6.07) is 6.27. The van der Waals surface area contributed by atoms with Crippen molar-refractivity contribution in [2.24, 2.45) is 0 Å². The lowest BCUT2D eigenvalue weighted by Crippen LogP contribution is -2.30. The maximum Gasteiger partial charge on any atom is 0.315 e. The molecule has 0 atom stereocenters. The fourth-order valence-electron chi connectivity index (χ4n) is 2.98. The van der Waals surface area contributed by atoms with Crippen molar-refractivity contribution < 1.29 is 18.2 Å². The summed E-state index contributed by atoms with van der Waals surface area (Å²) >= 11 is 0. The van der Waals surface area contributed by atoms with E-state index in [0.717, 1.165) is 17.9 Å². The number of carbonyl (C=O) groups excluding carboxylic acids is 1. The maximum atomic E-state index is 13.5. The van der Waals surface area contributed by atoms with Gasteiger partial charge in [-0.25, -0.2) is 4.39 Å². The summed E-state index contributed by atoms with van der Waals surface area (Å²) in [5.41, 5.74) is 2.25. The molecule has 8 nitrogen and oxygen atoms in total. The molecule has 0 spiro atoms. The Kier molecular flexibility index (Phi) is 4.21. The first-order chi connectivity index (χ1) is 12.6. The lowest BCUT2D eigenvalue weighted by Gasteiger charge is -2.24. The van der Waals surface area contributed by atoms with Gasteiger partial charge < -0.3 is 14.4 Å².